The van der Waals surface area contributed by atoms with Gasteiger partial charge in [0.05, 0.1) is 12.7 Å². The van der Waals surface area contributed by atoms with Gasteiger partial charge in [-0.25, -0.2) is 4.79 Å². The van der Waals surface area contributed by atoms with E-state index in [1.165, 1.54) is 31.1 Å². The summed E-state index contributed by atoms with van der Waals surface area (Å²) in [6, 6.07) is 7.72. The highest BCUT2D eigenvalue weighted by atomic mass is 16.5. The Morgan fingerprint density at radius 2 is 1.89 bits per heavy atom. The fraction of sp³-hybridized carbons (Fsp3) is 0.438. The summed E-state index contributed by atoms with van der Waals surface area (Å²) in [4.78, 5) is 11.4. The largest absolute Gasteiger partial charge is 0.465 e. The second kappa shape index (κ2) is 4.97. The molecule has 0 N–H and O–H groups in total. The molecule has 2 rings (SSSR count). The number of carbonyl (C=O) groups is 1. The number of benzene rings is 1. The third-order valence-corrected chi connectivity index (χ3v) is 3.70. The van der Waals surface area contributed by atoms with Crippen LogP contribution in [0.2, 0.25) is 0 Å². The summed E-state index contributed by atoms with van der Waals surface area (Å²) >= 11 is 0. The summed E-state index contributed by atoms with van der Waals surface area (Å²) in [6.07, 6.45) is 5.96. The van der Waals surface area contributed by atoms with Crippen LogP contribution in [0.15, 0.2) is 30.3 Å². The minimum absolute atomic E-state index is 0.227. The first-order chi connectivity index (χ1) is 8.54. The second-order valence-electron chi connectivity index (χ2n) is 5.46. The van der Waals surface area contributed by atoms with Crippen molar-refractivity contribution in [3.05, 3.63) is 41.5 Å². The Bertz CT molecular complexity index is 466. The van der Waals surface area contributed by atoms with Crippen molar-refractivity contribution >= 4 is 11.5 Å². The van der Waals surface area contributed by atoms with E-state index in [0.717, 1.165) is 6.42 Å². The van der Waals surface area contributed by atoms with Crippen LogP contribution in [0.25, 0.3) is 5.57 Å². The molecule has 2 heteroatoms. The van der Waals surface area contributed by atoms with Crippen LogP contribution in [0.5, 0.6) is 0 Å². The molecule has 0 aromatic heterocycles. The molecule has 0 saturated heterocycles. The number of methoxy groups -OCH3 is 1. The highest BCUT2D eigenvalue weighted by Gasteiger charge is 2.26. The lowest BCUT2D eigenvalue weighted by molar-refractivity contribution is 0.0601. The highest BCUT2D eigenvalue weighted by Crippen LogP contribution is 2.42. The standard InChI is InChI=1S/C16H20O2/c1-16(2)11-5-4-6-14(16)12-7-9-13(10-8-12)15(17)18-3/h6-10H,4-5,11H2,1-3H3. The highest BCUT2D eigenvalue weighted by molar-refractivity contribution is 5.89. The molecule has 0 aliphatic heterocycles. The summed E-state index contributed by atoms with van der Waals surface area (Å²) < 4.78 is 4.71. The van der Waals surface area contributed by atoms with E-state index in [2.05, 4.69) is 19.9 Å². The fourth-order valence-electron chi connectivity index (χ4n) is 2.61. The molecule has 0 atom stereocenters. The molecule has 96 valence electrons. The van der Waals surface area contributed by atoms with Crippen LogP contribution in [-0.4, -0.2) is 13.1 Å². The number of carbonyl (C=O) groups excluding carboxylic acids is 1. The van der Waals surface area contributed by atoms with Gasteiger partial charge in [0.25, 0.3) is 0 Å². The maximum Gasteiger partial charge on any atom is 0.337 e. The van der Waals surface area contributed by atoms with Crippen molar-refractivity contribution in [3.8, 4) is 0 Å². The maximum absolute atomic E-state index is 11.4. The van der Waals surface area contributed by atoms with E-state index >= 15 is 0 Å². The average molecular weight is 244 g/mol. The van der Waals surface area contributed by atoms with Crippen molar-refractivity contribution < 1.29 is 9.53 Å². The molecule has 0 saturated carbocycles. The molecular weight excluding hydrogens is 224 g/mol. The van der Waals surface area contributed by atoms with Gasteiger partial charge < -0.3 is 4.74 Å². The first kappa shape index (κ1) is 12.9. The molecule has 0 heterocycles. The molecular formula is C16H20O2. The molecule has 0 unspecified atom stereocenters. The molecule has 1 aromatic rings. The molecule has 18 heavy (non-hydrogen) atoms. The SMILES string of the molecule is COC(=O)c1ccc(C2=CCCCC2(C)C)cc1. The number of esters is 1. The number of ether oxygens (including phenoxy) is 1. The Morgan fingerprint density at radius 1 is 1.22 bits per heavy atom. The minimum atomic E-state index is -0.279. The van der Waals surface area contributed by atoms with Crippen molar-refractivity contribution in [3.63, 3.8) is 0 Å². The molecule has 0 amide bonds. The predicted molar refractivity (Wildman–Crippen MR) is 73.4 cm³/mol. The van der Waals surface area contributed by atoms with Gasteiger partial charge in [-0.3, -0.25) is 0 Å². The molecule has 2 nitrogen and oxygen atoms in total. The van der Waals surface area contributed by atoms with E-state index in [1.54, 1.807) is 0 Å². The van der Waals surface area contributed by atoms with E-state index in [4.69, 9.17) is 4.74 Å². The first-order valence-electron chi connectivity index (χ1n) is 6.44. The van der Waals surface area contributed by atoms with Gasteiger partial charge in [-0.05, 0) is 47.9 Å². The van der Waals surface area contributed by atoms with Gasteiger partial charge in [-0.2, -0.15) is 0 Å². The van der Waals surface area contributed by atoms with Crippen molar-refractivity contribution in [1.82, 2.24) is 0 Å². The fourth-order valence-corrected chi connectivity index (χ4v) is 2.61. The van der Waals surface area contributed by atoms with Crippen molar-refractivity contribution in [2.45, 2.75) is 33.1 Å². The monoisotopic (exact) mass is 244 g/mol. The molecule has 0 fully saturated rings. The summed E-state index contributed by atoms with van der Waals surface area (Å²) in [6.45, 7) is 4.57. The van der Waals surface area contributed by atoms with Crippen LogP contribution in [0.4, 0.5) is 0 Å². The van der Waals surface area contributed by atoms with Gasteiger partial charge in [-0.15, -0.1) is 0 Å². The predicted octanol–water partition coefficient (Wildman–Crippen LogP) is 4.07. The van der Waals surface area contributed by atoms with Crippen molar-refractivity contribution in [2.24, 2.45) is 5.41 Å². The summed E-state index contributed by atoms with van der Waals surface area (Å²) in [5.74, 6) is -0.279. The van der Waals surface area contributed by atoms with E-state index in [9.17, 15) is 4.79 Å². The van der Waals surface area contributed by atoms with Gasteiger partial charge in [0, 0.05) is 0 Å². The molecule has 0 spiro atoms. The van der Waals surface area contributed by atoms with E-state index in [-0.39, 0.29) is 11.4 Å². The van der Waals surface area contributed by atoms with Gasteiger partial charge in [0.1, 0.15) is 0 Å². The summed E-state index contributed by atoms with van der Waals surface area (Å²) in [7, 11) is 1.41. The minimum Gasteiger partial charge on any atom is -0.465 e. The number of rotatable bonds is 2. The molecule has 1 aliphatic carbocycles. The zero-order chi connectivity index (χ0) is 13.2. The van der Waals surface area contributed by atoms with E-state index in [1.807, 2.05) is 24.3 Å². The lowest BCUT2D eigenvalue weighted by Crippen LogP contribution is -2.17. The molecule has 0 radical (unpaired) electrons. The summed E-state index contributed by atoms with van der Waals surface area (Å²) in [5, 5.41) is 0. The van der Waals surface area contributed by atoms with Crippen molar-refractivity contribution in [2.75, 3.05) is 7.11 Å². The van der Waals surface area contributed by atoms with Crippen LogP contribution >= 0.6 is 0 Å². The smallest absolute Gasteiger partial charge is 0.337 e. The lowest BCUT2D eigenvalue weighted by Gasteiger charge is -2.32. The summed E-state index contributed by atoms with van der Waals surface area (Å²) in [5.41, 5.74) is 3.44. The topological polar surface area (TPSA) is 26.3 Å². The Morgan fingerprint density at radius 3 is 2.44 bits per heavy atom. The average Bonchev–Trinajstić information content (AvgIpc) is 2.37. The Kier molecular flexibility index (Phi) is 3.55. The Labute approximate surface area is 109 Å². The Hall–Kier alpha value is -1.57. The number of allylic oxidation sites excluding steroid dienone is 2. The second-order valence-corrected chi connectivity index (χ2v) is 5.46. The van der Waals surface area contributed by atoms with Gasteiger partial charge >= 0.3 is 5.97 Å². The van der Waals surface area contributed by atoms with Crippen LogP contribution in [-0.2, 0) is 4.74 Å². The van der Waals surface area contributed by atoms with E-state index < -0.39 is 0 Å². The molecule has 0 bridgehead atoms. The van der Waals surface area contributed by atoms with Crippen LogP contribution in [0.1, 0.15) is 49.0 Å². The zero-order valence-electron chi connectivity index (χ0n) is 11.3. The lowest BCUT2D eigenvalue weighted by atomic mass is 9.73. The number of hydrogen-bond acceptors (Lipinski definition) is 2. The maximum atomic E-state index is 11.4. The van der Waals surface area contributed by atoms with Crippen LogP contribution in [0.3, 0.4) is 0 Å². The quantitative estimate of drug-likeness (QED) is 0.733. The third kappa shape index (κ3) is 2.47. The Balaban J connectivity index is 2.29. The normalized spacial score (nSPS) is 18.1. The third-order valence-electron chi connectivity index (χ3n) is 3.70. The molecule has 1 aromatic carbocycles. The van der Waals surface area contributed by atoms with Crippen molar-refractivity contribution in [1.29, 1.82) is 0 Å². The van der Waals surface area contributed by atoms with Gasteiger partial charge in [-0.1, -0.05) is 32.1 Å². The van der Waals surface area contributed by atoms with Crippen LogP contribution in [0, 0.1) is 5.41 Å². The van der Waals surface area contributed by atoms with Gasteiger partial charge in [0.15, 0.2) is 0 Å². The van der Waals surface area contributed by atoms with Gasteiger partial charge in [0.2, 0.25) is 0 Å². The van der Waals surface area contributed by atoms with E-state index in [0.29, 0.717) is 5.56 Å². The zero-order valence-corrected chi connectivity index (χ0v) is 11.3. The van der Waals surface area contributed by atoms with Crippen LogP contribution < -0.4 is 0 Å². The molecule has 1 aliphatic rings. The first-order valence-corrected chi connectivity index (χ1v) is 6.44. The number of hydrogen-bond donors (Lipinski definition) is 0.